The average molecular weight is 375 g/mol. The topological polar surface area (TPSA) is 81.9 Å². The molecule has 0 bridgehead atoms. The van der Waals surface area contributed by atoms with Gasteiger partial charge in [0, 0.05) is 6.54 Å². The van der Waals surface area contributed by atoms with Crippen LogP contribution in [-0.4, -0.2) is 45.5 Å². The average Bonchev–Trinajstić information content (AvgIpc) is 3.14. The fourth-order valence-electron chi connectivity index (χ4n) is 3.22. The zero-order valence-corrected chi connectivity index (χ0v) is 16.1. The molecule has 8 heteroatoms. The Morgan fingerprint density at radius 3 is 2.92 bits per heavy atom. The summed E-state index contributed by atoms with van der Waals surface area (Å²) in [4.78, 5) is 12.2. The van der Waals surface area contributed by atoms with Crippen LogP contribution in [0.1, 0.15) is 37.7 Å². The van der Waals surface area contributed by atoms with Gasteiger partial charge in [-0.1, -0.05) is 37.1 Å². The van der Waals surface area contributed by atoms with E-state index in [0.717, 1.165) is 17.8 Å². The maximum atomic E-state index is 12.2. The molecule has 1 aliphatic carbocycles. The van der Waals surface area contributed by atoms with Crippen molar-refractivity contribution in [2.45, 2.75) is 44.2 Å². The second kappa shape index (κ2) is 9.02. The van der Waals surface area contributed by atoms with Crippen LogP contribution in [-0.2, 0) is 4.79 Å². The highest BCUT2D eigenvalue weighted by Crippen LogP contribution is 2.27. The molecule has 1 aliphatic rings. The Labute approximate surface area is 157 Å². The van der Waals surface area contributed by atoms with Crippen LogP contribution in [0.5, 0.6) is 5.75 Å². The summed E-state index contributed by atoms with van der Waals surface area (Å²) in [6, 6.07) is 5.82. The number of nitrogens with zero attached hydrogens (tertiary/aromatic N) is 4. The second-order valence-electron chi connectivity index (χ2n) is 6.65. The van der Waals surface area contributed by atoms with E-state index < -0.39 is 0 Å². The predicted octanol–water partition coefficient (Wildman–Crippen LogP) is 2.77. The monoisotopic (exact) mass is 375 g/mol. The summed E-state index contributed by atoms with van der Waals surface area (Å²) in [6.07, 6.45) is 6.33. The van der Waals surface area contributed by atoms with Crippen molar-refractivity contribution in [1.82, 2.24) is 25.5 Å². The molecular formula is C18H25N5O2S. The van der Waals surface area contributed by atoms with Crippen LogP contribution in [0.25, 0.3) is 5.69 Å². The molecule has 0 spiro atoms. The molecule has 1 saturated carbocycles. The molecule has 140 valence electrons. The lowest BCUT2D eigenvalue weighted by atomic mass is 9.89. The van der Waals surface area contributed by atoms with Crippen molar-refractivity contribution in [2.75, 3.05) is 19.4 Å². The van der Waals surface area contributed by atoms with E-state index in [9.17, 15) is 4.79 Å². The zero-order chi connectivity index (χ0) is 18.4. The van der Waals surface area contributed by atoms with Crippen LogP contribution >= 0.6 is 11.8 Å². The Hall–Kier alpha value is -2.09. The SMILES string of the molecule is COc1ccc(C)cc1-n1nnnc1SCC(=O)NCC1CCCCC1. The fraction of sp³-hybridized carbons (Fsp3) is 0.556. The van der Waals surface area contributed by atoms with E-state index in [0.29, 0.717) is 22.6 Å². The minimum atomic E-state index is 0.0198. The van der Waals surface area contributed by atoms with Crippen molar-refractivity contribution in [3.63, 3.8) is 0 Å². The summed E-state index contributed by atoms with van der Waals surface area (Å²) >= 11 is 1.33. The van der Waals surface area contributed by atoms with Gasteiger partial charge >= 0.3 is 0 Å². The highest BCUT2D eigenvalue weighted by molar-refractivity contribution is 7.99. The van der Waals surface area contributed by atoms with Crippen molar-refractivity contribution >= 4 is 17.7 Å². The molecule has 0 aliphatic heterocycles. The standard InChI is InChI=1S/C18H25N5O2S/c1-13-8-9-16(25-2)15(10-13)23-18(20-21-22-23)26-12-17(24)19-11-14-6-4-3-5-7-14/h8-10,14H,3-7,11-12H2,1-2H3,(H,19,24). The largest absolute Gasteiger partial charge is 0.494 e. The van der Waals surface area contributed by atoms with Crippen molar-refractivity contribution < 1.29 is 9.53 Å². The Kier molecular flexibility index (Phi) is 6.49. The van der Waals surface area contributed by atoms with E-state index in [1.807, 2.05) is 25.1 Å². The van der Waals surface area contributed by atoms with Gasteiger partial charge in [0.2, 0.25) is 11.1 Å². The van der Waals surface area contributed by atoms with Gasteiger partial charge in [0.05, 0.1) is 12.9 Å². The number of ether oxygens (including phenoxy) is 1. The number of thioether (sulfide) groups is 1. The number of tetrazole rings is 1. The van der Waals surface area contributed by atoms with E-state index in [-0.39, 0.29) is 5.91 Å². The van der Waals surface area contributed by atoms with Crippen LogP contribution in [0.15, 0.2) is 23.4 Å². The molecule has 0 saturated heterocycles. The lowest BCUT2D eigenvalue weighted by molar-refractivity contribution is -0.118. The number of carbonyl (C=O) groups is 1. The Morgan fingerprint density at radius 2 is 2.15 bits per heavy atom. The maximum Gasteiger partial charge on any atom is 0.230 e. The number of carbonyl (C=O) groups excluding carboxylic acids is 1. The van der Waals surface area contributed by atoms with E-state index >= 15 is 0 Å². The first-order valence-electron chi connectivity index (χ1n) is 9.00. The molecule has 0 atom stereocenters. The first-order chi connectivity index (χ1) is 12.7. The van der Waals surface area contributed by atoms with Gasteiger partial charge in [0.25, 0.3) is 0 Å². The van der Waals surface area contributed by atoms with Gasteiger partial charge in [-0.15, -0.1) is 5.10 Å². The number of benzene rings is 1. The van der Waals surface area contributed by atoms with Gasteiger partial charge in [-0.25, -0.2) is 0 Å². The molecule has 1 N–H and O–H groups in total. The summed E-state index contributed by atoms with van der Waals surface area (Å²) in [5, 5.41) is 15.5. The van der Waals surface area contributed by atoms with Crippen LogP contribution in [0.3, 0.4) is 0 Å². The Balaban J connectivity index is 1.59. The molecule has 1 amide bonds. The van der Waals surface area contributed by atoms with Gasteiger partial charge in [-0.05, 0) is 53.8 Å². The predicted molar refractivity (Wildman–Crippen MR) is 101 cm³/mol. The highest BCUT2D eigenvalue weighted by atomic mass is 32.2. The van der Waals surface area contributed by atoms with Crippen molar-refractivity contribution in [2.24, 2.45) is 5.92 Å². The third-order valence-corrected chi connectivity index (χ3v) is 5.57. The molecule has 1 aromatic carbocycles. The van der Waals surface area contributed by atoms with E-state index in [2.05, 4.69) is 20.8 Å². The summed E-state index contributed by atoms with van der Waals surface area (Å²) in [5.74, 6) is 1.62. The number of aromatic nitrogens is 4. The smallest absolute Gasteiger partial charge is 0.230 e. The Bertz CT molecular complexity index is 743. The number of nitrogens with one attached hydrogen (secondary N) is 1. The lowest BCUT2D eigenvalue weighted by Gasteiger charge is -2.21. The van der Waals surface area contributed by atoms with Gasteiger partial charge in [0.1, 0.15) is 11.4 Å². The lowest BCUT2D eigenvalue weighted by Crippen LogP contribution is -2.31. The summed E-state index contributed by atoms with van der Waals surface area (Å²) in [5.41, 5.74) is 1.85. The van der Waals surface area contributed by atoms with E-state index in [4.69, 9.17) is 4.74 Å². The highest BCUT2D eigenvalue weighted by Gasteiger charge is 2.17. The molecule has 3 rings (SSSR count). The van der Waals surface area contributed by atoms with E-state index in [1.165, 1.54) is 43.9 Å². The third kappa shape index (κ3) is 4.75. The molecule has 1 heterocycles. The van der Waals surface area contributed by atoms with Gasteiger partial charge in [-0.3, -0.25) is 4.79 Å². The quantitative estimate of drug-likeness (QED) is 0.750. The van der Waals surface area contributed by atoms with Crippen molar-refractivity contribution in [3.05, 3.63) is 23.8 Å². The molecule has 7 nitrogen and oxygen atoms in total. The maximum absolute atomic E-state index is 12.2. The molecule has 1 fully saturated rings. The number of methoxy groups -OCH3 is 1. The molecule has 26 heavy (non-hydrogen) atoms. The minimum Gasteiger partial charge on any atom is -0.494 e. The van der Waals surface area contributed by atoms with Crippen molar-refractivity contribution in [3.8, 4) is 11.4 Å². The van der Waals surface area contributed by atoms with Gasteiger partial charge in [0.15, 0.2) is 0 Å². The number of rotatable bonds is 7. The second-order valence-corrected chi connectivity index (χ2v) is 7.59. The number of hydrogen-bond acceptors (Lipinski definition) is 6. The molecule has 0 radical (unpaired) electrons. The minimum absolute atomic E-state index is 0.0198. The summed E-state index contributed by atoms with van der Waals surface area (Å²) in [7, 11) is 1.62. The molecular weight excluding hydrogens is 350 g/mol. The summed E-state index contributed by atoms with van der Waals surface area (Å²) in [6.45, 7) is 2.77. The van der Waals surface area contributed by atoms with E-state index in [1.54, 1.807) is 11.8 Å². The van der Waals surface area contributed by atoms with Crippen LogP contribution in [0, 0.1) is 12.8 Å². The molecule has 0 unspecified atom stereocenters. The fourth-order valence-corrected chi connectivity index (χ4v) is 3.93. The molecule has 1 aromatic heterocycles. The van der Waals surface area contributed by atoms with Crippen LogP contribution < -0.4 is 10.1 Å². The van der Waals surface area contributed by atoms with Crippen LogP contribution in [0.4, 0.5) is 0 Å². The first kappa shape index (κ1) is 18.7. The summed E-state index contributed by atoms with van der Waals surface area (Å²) < 4.78 is 7.02. The first-order valence-corrected chi connectivity index (χ1v) is 9.99. The Morgan fingerprint density at radius 1 is 1.35 bits per heavy atom. The zero-order valence-electron chi connectivity index (χ0n) is 15.3. The van der Waals surface area contributed by atoms with Crippen molar-refractivity contribution in [1.29, 1.82) is 0 Å². The normalized spacial score (nSPS) is 15.0. The van der Waals surface area contributed by atoms with Gasteiger partial charge < -0.3 is 10.1 Å². The van der Waals surface area contributed by atoms with Crippen LogP contribution in [0.2, 0.25) is 0 Å². The number of aryl methyl sites for hydroxylation is 1. The molecule has 2 aromatic rings. The third-order valence-electron chi connectivity index (χ3n) is 4.65. The van der Waals surface area contributed by atoms with Gasteiger partial charge in [-0.2, -0.15) is 4.68 Å². The number of hydrogen-bond donors (Lipinski definition) is 1. The number of amides is 1.